The van der Waals surface area contributed by atoms with Crippen molar-refractivity contribution < 1.29 is 9.59 Å². The van der Waals surface area contributed by atoms with Gasteiger partial charge in [-0.3, -0.25) is 9.59 Å². The van der Waals surface area contributed by atoms with Gasteiger partial charge in [0.15, 0.2) is 5.78 Å². The summed E-state index contributed by atoms with van der Waals surface area (Å²) < 4.78 is 0. The van der Waals surface area contributed by atoms with Gasteiger partial charge in [0.1, 0.15) is 0 Å². The third-order valence-corrected chi connectivity index (χ3v) is 3.46. The van der Waals surface area contributed by atoms with Crippen molar-refractivity contribution in [2.24, 2.45) is 0 Å². The van der Waals surface area contributed by atoms with Gasteiger partial charge >= 0.3 is 0 Å². The molecular formula is C17H17ClN2O2. The van der Waals surface area contributed by atoms with Crippen LogP contribution in [0.1, 0.15) is 22.8 Å². The van der Waals surface area contributed by atoms with Gasteiger partial charge in [-0.25, -0.2) is 0 Å². The Bertz CT molecular complexity index is 714. The molecule has 2 aromatic rings. The zero-order valence-electron chi connectivity index (χ0n) is 12.4. The van der Waals surface area contributed by atoms with Crippen LogP contribution >= 0.6 is 11.6 Å². The molecule has 0 saturated carbocycles. The van der Waals surface area contributed by atoms with Crippen molar-refractivity contribution in [3.05, 3.63) is 58.6 Å². The smallest absolute Gasteiger partial charge is 0.243 e. The highest BCUT2D eigenvalue weighted by atomic mass is 35.5. The first-order chi connectivity index (χ1) is 10.5. The largest absolute Gasteiger partial charge is 0.376 e. The highest BCUT2D eigenvalue weighted by Gasteiger charge is 2.09. The maximum atomic E-state index is 12.0. The quantitative estimate of drug-likeness (QED) is 0.822. The average Bonchev–Trinajstić information content (AvgIpc) is 2.48. The summed E-state index contributed by atoms with van der Waals surface area (Å²) in [6.07, 6.45) is 0. The van der Waals surface area contributed by atoms with Crippen molar-refractivity contribution >= 4 is 34.7 Å². The molecule has 0 radical (unpaired) electrons. The predicted molar refractivity (Wildman–Crippen MR) is 89.8 cm³/mol. The SMILES string of the molecule is CC(=O)c1ccccc1NCC(=O)Nc1ccc(C)cc1Cl. The van der Waals surface area contributed by atoms with Crippen LogP contribution in [0.15, 0.2) is 42.5 Å². The minimum atomic E-state index is -0.232. The highest BCUT2D eigenvalue weighted by molar-refractivity contribution is 6.33. The van der Waals surface area contributed by atoms with Crippen LogP contribution in [0.25, 0.3) is 0 Å². The number of ketones is 1. The molecule has 0 fully saturated rings. The predicted octanol–water partition coefficient (Wildman–Crippen LogP) is 3.90. The lowest BCUT2D eigenvalue weighted by Crippen LogP contribution is -2.22. The number of benzene rings is 2. The number of carbonyl (C=O) groups excluding carboxylic acids is 2. The van der Waals surface area contributed by atoms with Gasteiger partial charge in [0.2, 0.25) is 5.91 Å². The summed E-state index contributed by atoms with van der Waals surface area (Å²) in [5.74, 6) is -0.283. The minimum Gasteiger partial charge on any atom is -0.376 e. The summed E-state index contributed by atoms with van der Waals surface area (Å²) in [6, 6.07) is 12.5. The van der Waals surface area contributed by atoms with E-state index in [1.807, 2.05) is 19.1 Å². The second kappa shape index (κ2) is 7.09. The van der Waals surface area contributed by atoms with Crippen LogP contribution in [0.5, 0.6) is 0 Å². The van der Waals surface area contributed by atoms with E-state index in [0.29, 0.717) is 22.0 Å². The normalized spacial score (nSPS) is 10.1. The number of halogens is 1. The molecule has 2 aromatic carbocycles. The van der Waals surface area contributed by atoms with Crippen LogP contribution < -0.4 is 10.6 Å². The molecule has 2 N–H and O–H groups in total. The highest BCUT2D eigenvalue weighted by Crippen LogP contribution is 2.22. The number of nitrogens with one attached hydrogen (secondary N) is 2. The van der Waals surface area contributed by atoms with Crippen molar-refractivity contribution in [3.8, 4) is 0 Å². The molecule has 0 aromatic heterocycles. The van der Waals surface area contributed by atoms with Gasteiger partial charge in [0, 0.05) is 11.3 Å². The van der Waals surface area contributed by atoms with E-state index in [-0.39, 0.29) is 18.2 Å². The zero-order chi connectivity index (χ0) is 16.1. The van der Waals surface area contributed by atoms with Gasteiger partial charge in [-0.15, -0.1) is 0 Å². The molecule has 0 spiro atoms. The molecule has 0 saturated heterocycles. The maximum absolute atomic E-state index is 12.0. The first-order valence-electron chi connectivity index (χ1n) is 6.87. The third kappa shape index (κ3) is 4.09. The van der Waals surface area contributed by atoms with Crippen LogP contribution in [-0.4, -0.2) is 18.2 Å². The lowest BCUT2D eigenvalue weighted by Gasteiger charge is -2.11. The Kier molecular flexibility index (Phi) is 5.17. The first kappa shape index (κ1) is 16.0. The molecule has 4 nitrogen and oxygen atoms in total. The number of carbonyl (C=O) groups is 2. The number of para-hydroxylation sites is 1. The molecule has 5 heteroatoms. The number of amides is 1. The summed E-state index contributed by atoms with van der Waals surface area (Å²) >= 11 is 6.08. The lowest BCUT2D eigenvalue weighted by molar-refractivity contribution is -0.114. The monoisotopic (exact) mass is 316 g/mol. The Morgan fingerprint density at radius 1 is 1.09 bits per heavy atom. The summed E-state index contributed by atoms with van der Waals surface area (Å²) in [7, 11) is 0. The molecule has 1 amide bonds. The zero-order valence-corrected chi connectivity index (χ0v) is 13.2. The summed E-state index contributed by atoms with van der Waals surface area (Å²) in [6.45, 7) is 3.47. The third-order valence-electron chi connectivity index (χ3n) is 3.14. The van der Waals surface area contributed by atoms with E-state index >= 15 is 0 Å². The van der Waals surface area contributed by atoms with Crippen LogP contribution in [0, 0.1) is 6.92 Å². The fourth-order valence-electron chi connectivity index (χ4n) is 2.04. The van der Waals surface area contributed by atoms with E-state index in [1.165, 1.54) is 6.92 Å². The average molecular weight is 317 g/mol. The molecule has 0 unspecified atom stereocenters. The molecule has 0 heterocycles. The van der Waals surface area contributed by atoms with Crippen molar-refractivity contribution in [1.29, 1.82) is 0 Å². The Balaban J connectivity index is 2.00. The molecule has 0 aliphatic rings. The topological polar surface area (TPSA) is 58.2 Å². The van der Waals surface area contributed by atoms with Crippen molar-refractivity contribution in [2.75, 3.05) is 17.2 Å². The van der Waals surface area contributed by atoms with E-state index in [9.17, 15) is 9.59 Å². The van der Waals surface area contributed by atoms with E-state index in [2.05, 4.69) is 10.6 Å². The Morgan fingerprint density at radius 2 is 1.82 bits per heavy atom. The number of aryl methyl sites for hydroxylation is 1. The number of rotatable bonds is 5. The van der Waals surface area contributed by atoms with Crippen LogP contribution in [0.3, 0.4) is 0 Å². The van der Waals surface area contributed by atoms with Gasteiger partial charge in [-0.2, -0.15) is 0 Å². The Labute approximate surface area is 134 Å². The van der Waals surface area contributed by atoms with Gasteiger partial charge < -0.3 is 10.6 Å². The summed E-state index contributed by atoms with van der Waals surface area (Å²) in [5, 5.41) is 6.21. The summed E-state index contributed by atoms with van der Waals surface area (Å²) in [4.78, 5) is 23.5. The first-order valence-corrected chi connectivity index (χ1v) is 7.25. The van der Waals surface area contributed by atoms with Crippen molar-refractivity contribution in [1.82, 2.24) is 0 Å². The fourth-order valence-corrected chi connectivity index (χ4v) is 2.32. The van der Waals surface area contributed by atoms with Crippen LogP contribution in [0.2, 0.25) is 5.02 Å². The molecule has 114 valence electrons. The standard InChI is InChI=1S/C17H17ClN2O2/c1-11-7-8-16(14(18)9-11)20-17(22)10-19-15-6-4-3-5-13(15)12(2)21/h3-9,19H,10H2,1-2H3,(H,20,22). The van der Waals surface area contributed by atoms with Crippen LogP contribution in [0.4, 0.5) is 11.4 Å². The second-order valence-electron chi connectivity index (χ2n) is 4.99. The second-order valence-corrected chi connectivity index (χ2v) is 5.39. The van der Waals surface area contributed by atoms with E-state index < -0.39 is 0 Å². The lowest BCUT2D eigenvalue weighted by atomic mass is 10.1. The maximum Gasteiger partial charge on any atom is 0.243 e. The molecule has 0 aliphatic carbocycles. The molecule has 0 atom stereocenters. The Morgan fingerprint density at radius 3 is 2.50 bits per heavy atom. The summed E-state index contributed by atoms with van der Waals surface area (Å²) in [5.41, 5.74) is 2.79. The molecule has 0 aliphatic heterocycles. The molecule has 22 heavy (non-hydrogen) atoms. The van der Waals surface area contributed by atoms with Gasteiger partial charge in [0.25, 0.3) is 0 Å². The van der Waals surface area contributed by atoms with E-state index in [0.717, 1.165) is 5.56 Å². The Hall–Kier alpha value is -2.33. The molecular weight excluding hydrogens is 300 g/mol. The molecule has 2 rings (SSSR count). The van der Waals surface area contributed by atoms with Crippen molar-refractivity contribution in [2.45, 2.75) is 13.8 Å². The molecule has 0 bridgehead atoms. The number of anilines is 2. The fraction of sp³-hybridized carbons (Fsp3) is 0.176. The van der Waals surface area contributed by atoms with Crippen LogP contribution in [-0.2, 0) is 4.79 Å². The van der Waals surface area contributed by atoms with Gasteiger partial charge in [-0.1, -0.05) is 29.8 Å². The van der Waals surface area contributed by atoms with Gasteiger partial charge in [-0.05, 0) is 43.7 Å². The van der Waals surface area contributed by atoms with E-state index in [4.69, 9.17) is 11.6 Å². The van der Waals surface area contributed by atoms with E-state index in [1.54, 1.807) is 30.3 Å². The minimum absolute atomic E-state index is 0.0501. The number of Topliss-reactive ketones (excluding diaryl/α,β-unsaturated/α-hetero) is 1. The number of hydrogen-bond acceptors (Lipinski definition) is 3. The van der Waals surface area contributed by atoms with Gasteiger partial charge in [0.05, 0.1) is 17.3 Å². The number of hydrogen-bond donors (Lipinski definition) is 2. The van der Waals surface area contributed by atoms with Crippen molar-refractivity contribution in [3.63, 3.8) is 0 Å².